The van der Waals surface area contributed by atoms with Crippen LogP contribution >= 0.6 is 0 Å². The molecule has 4 nitrogen and oxygen atoms in total. The maximum Gasteiger partial charge on any atom is 0.165 e. The number of aromatic nitrogens is 3. The highest BCUT2D eigenvalue weighted by atomic mass is 15.2. The van der Waals surface area contributed by atoms with Crippen molar-refractivity contribution in [2.75, 3.05) is 0 Å². The van der Waals surface area contributed by atoms with Crippen LogP contribution in [-0.2, 0) is 0 Å². The first-order valence-electron chi connectivity index (χ1n) is 3.52. The standard InChI is InChI=1S/C8H6N4/c1-6-4-10-8-2-7(3-9)11-12(8)5-6/h2,4-5H,1H3. The maximum absolute atomic E-state index is 8.55. The van der Waals surface area contributed by atoms with E-state index in [0.717, 1.165) is 5.56 Å². The molecule has 2 aromatic rings. The molecule has 0 bridgehead atoms. The summed E-state index contributed by atoms with van der Waals surface area (Å²) in [4.78, 5) is 4.10. The topological polar surface area (TPSA) is 54.0 Å². The minimum Gasteiger partial charge on any atom is -0.237 e. The number of hydrogen-bond donors (Lipinski definition) is 0. The van der Waals surface area contributed by atoms with Gasteiger partial charge in [-0.1, -0.05) is 0 Å². The first-order valence-corrected chi connectivity index (χ1v) is 3.52. The van der Waals surface area contributed by atoms with E-state index in [4.69, 9.17) is 5.26 Å². The molecule has 0 aliphatic rings. The average molecular weight is 158 g/mol. The normalized spacial score (nSPS) is 10.0. The number of aryl methyl sites for hydroxylation is 1. The van der Waals surface area contributed by atoms with Crippen molar-refractivity contribution in [2.24, 2.45) is 0 Å². The Hall–Kier alpha value is -1.89. The Morgan fingerprint density at radius 1 is 1.58 bits per heavy atom. The summed E-state index contributed by atoms with van der Waals surface area (Å²) in [5, 5.41) is 12.5. The molecule has 2 heterocycles. The Morgan fingerprint density at radius 3 is 3.17 bits per heavy atom. The van der Waals surface area contributed by atoms with Crippen molar-refractivity contribution in [3.8, 4) is 6.07 Å². The molecule has 2 aromatic heterocycles. The molecular formula is C8H6N4. The Balaban J connectivity index is 2.77. The highest BCUT2D eigenvalue weighted by Crippen LogP contribution is 2.03. The fourth-order valence-corrected chi connectivity index (χ4v) is 1.02. The number of rotatable bonds is 0. The van der Waals surface area contributed by atoms with Gasteiger partial charge >= 0.3 is 0 Å². The summed E-state index contributed by atoms with van der Waals surface area (Å²) in [6.45, 7) is 1.93. The molecule has 0 saturated carbocycles. The second-order valence-electron chi connectivity index (χ2n) is 2.58. The van der Waals surface area contributed by atoms with Gasteiger partial charge in [0.1, 0.15) is 6.07 Å². The van der Waals surface area contributed by atoms with Gasteiger partial charge in [0, 0.05) is 18.5 Å². The predicted octanol–water partition coefficient (Wildman–Crippen LogP) is 0.909. The number of hydrogen-bond acceptors (Lipinski definition) is 3. The fourth-order valence-electron chi connectivity index (χ4n) is 1.02. The van der Waals surface area contributed by atoms with Gasteiger partial charge in [-0.15, -0.1) is 0 Å². The third-order valence-corrected chi connectivity index (χ3v) is 1.56. The molecule has 0 unspecified atom stereocenters. The third kappa shape index (κ3) is 0.920. The van der Waals surface area contributed by atoms with Gasteiger partial charge in [0.2, 0.25) is 0 Å². The summed E-state index contributed by atoms with van der Waals surface area (Å²) in [6, 6.07) is 3.62. The summed E-state index contributed by atoms with van der Waals surface area (Å²) in [7, 11) is 0. The maximum atomic E-state index is 8.55. The molecule has 0 atom stereocenters. The molecule has 0 aromatic carbocycles. The Kier molecular flexibility index (Phi) is 1.31. The smallest absolute Gasteiger partial charge is 0.165 e. The molecule has 4 heteroatoms. The predicted molar refractivity (Wildman–Crippen MR) is 42.4 cm³/mol. The van der Waals surface area contributed by atoms with Crippen LogP contribution in [0.4, 0.5) is 0 Å². The van der Waals surface area contributed by atoms with Crippen LogP contribution in [0.5, 0.6) is 0 Å². The molecule has 0 aliphatic carbocycles. The van der Waals surface area contributed by atoms with Crippen LogP contribution in [0.1, 0.15) is 11.3 Å². The third-order valence-electron chi connectivity index (χ3n) is 1.56. The molecule has 0 fully saturated rings. The minimum atomic E-state index is 0.396. The molecule has 12 heavy (non-hydrogen) atoms. The van der Waals surface area contributed by atoms with Gasteiger partial charge in [-0.3, -0.25) is 0 Å². The molecule has 0 amide bonds. The van der Waals surface area contributed by atoms with Crippen LogP contribution in [0, 0.1) is 18.3 Å². The van der Waals surface area contributed by atoms with Crippen molar-refractivity contribution in [2.45, 2.75) is 6.92 Å². The van der Waals surface area contributed by atoms with Gasteiger partial charge < -0.3 is 0 Å². The highest BCUT2D eigenvalue weighted by molar-refractivity contribution is 5.42. The van der Waals surface area contributed by atoms with Crippen LogP contribution in [-0.4, -0.2) is 14.6 Å². The highest BCUT2D eigenvalue weighted by Gasteiger charge is 1.99. The van der Waals surface area contributed by atoms with Crippen molar-refractivity contribution < 1.29 is 0 Å². The lowest BCUT2D eigenvalue weighted by molar-refractivity contribution is 0.919. The number of nitrogens with zero attached hydrogens (tertiary/aromatic N) is 4. The molecule has 0 aliphatic heterocycles. The Bertz CT molecular complexity index is 463. The minimum absolute atomic E-state index is 0.396. The monoisotopic (exact) mass is 158 g/mol. The molecular weight excluding hydrogens is 152 g/mol. The molecule has 58 valence electrons. The van der Waals surface area contributed by atoms with E-state index in [1.165, 1.54) is 0 Å². The van der Waals surface area contributed by atoms with E-state index in [-0.39, 0.29) is 0 Å². The van der Waals surface area contributed by atoms with Gasteiger partial charge in [0.05, 0.1) is 0 Å². The summed E-state index contributed by atoms with van der Waals surface area (Å²) in [6.07, 6.45) is 3.58. The van der Waals surface area contributed by atoms with E-state index in [9.17, 15) is 0 Å². The van der Waals surface area contributed by atoms with Crippen molar-refractivity contribution in [1.82, 2.24) is 14.6 Å². The zero-order chi connectivity index (χ0) is 8.55. The van der Waals surface area contributed by atoms with Crippen LogP contribution < -0.4 is 0 Å². The van der Waals surface area contributed by atoms with Crippen LogP contribution in [0.3, 0.4) is 0 Å². The van der Waals surface area contributed by atoms with Crippen molar-refractivity contribution in [1.29, 1.82) is 5.26 Å². The van der Waals surface area contributed by atoms with E-state index in [1.54, 1.807) is 16.8 Å². The summed E-state index contributed by atoms with van der Waals surface area (Å²) >= 11 is 0. The van der Waals surface area contributed by atoms with Gasteiger partial charge in [-0.25, -0.2) is 9.50 Å². The van der Waals surface area contributed by atoms with Crippen LogP contribution in [0.15, 0.2) is 18.5 Å². The van der Waals surface area contributed by atoms with Gasteiger partial charge in [0.15, 0.2) is 11.3 Å². The van der Waals surface area contributed by atoms with E-state index in [1.807, 2.05) is 19.2 Å². The van der Waals surface area contributed by atoms with E-state index in [0.29, 0.717) is 11.3 Å². The summed E-state index contributed by atoms with van der Waals surface area (Å²) in [5.74, 6) is 0. The van der Waals surface area contributed by atoms with E-state index >= 15 is 0 Å². The summed E-state index contributed by atoms with van der Waals surface area (Å²) in [5.41, 5.74) is 2.13. The van der Waals surface area contributed by atoms with Gasteiger partial charge in [0.25, 0.3) is 0 Å². The lowest BCUT2D eigenvalue weighted by Crippen LogP contribution is -1.90. The lowest BCUT2D eigenvalue weighted by atomic mass is 10.4. The van der Waals surface area contributed by atoms with Gasteiger partial charge in [-0.2, -0.15) is 10.4 Å². The lowest BCUT2D eigenvalue weighted by Gasteiger charge is -1.91. The molecule has 0 spiro atoms. The molecule has 0 radical (unpaired) electrons. The first kappa shape index (κ1) is 6.80. The zero-order valence-electron chi connectivity index (χ0n) is 6.52. The van der Waals surface area contributed by atoms with Crippen molar-refractivity contribution >= 4 is 5.65 Å². The van der Waals surface area contributed by atoms with Crippen molar-refractivity contribution in [3.05, 3.63) is 29.7 Å². The summed E-state index contributed by atoms with van der Waals surface area (Å²) < 4.78 is 1.61. The average Bonchev–Trinajstić information content (AvgIpc) is 2.46. The van der Waals surface area contributed by atoms with Crippen molar-refractivity contribution in [3.63, 3.8) is 0 Å². The van der Waals surface area contributed by atoms with Crippen LogP contribution in [0.25, 0.3) is 5.65 Å². The largest absolute Gasteiger partial charge is 0.237 e. The number of nitriles is 1. The molecule has 0 N–H and O–H groups in total. The first-order chi connectivity index (χ1) is 5.79. The SMILES string of the molecule is Cc1cnc2cc(C#N)nn2c1. The second kappa shape index (κ2) is 2.31. The Labute approximate surface area is 69.1 Å². The second-order valence-corrected chi connectivity index (χ2v) is 2.58. The van der Waals surface area contributed by atoms with E-state index in [2.05, 4.69) is 10.1 Å². The number of fused-ring (bicyclic) bond motifs is 1. The quantitative estimate of drug-likeness (QED) is 0.572. The molecule has 2 rings (SSSR count). The Morgan fingerprint density at radius 2 is 2.42 bits per heavy atom. The van der Waals surface area contributed by atoms with Crippen LogP contribution in [0.2, 0.25) is 0 Å². The van der Waals surface area contributed by atoms with Gasteiger partial charge in [-0.05, 0) is 12.5 Å². The molecule has 0 saturated heterocycles. The zero-order valence-corrected chi connectivity index (χ0v) is 6.52. The van der Waals surface area contributed by atoms with E-state index < -0.39 is 0 Å². The fraction of sp³-hybridized carbons (Fsp3) is 0.125.